The second-order valence-electron chi connectivity index (χ2n) is 6.51. The van der Waals surface area contributed by atoms with Gasteiger partial charge >= 0.3 is 0 Å². The number of nitrogens with zero attached hydrogens (tertiary/aromatic N) is 5. The average molecular weight is 438 g/mol. The number of aryl methyl sites for hydroxylation is 1. The minimum atomic E-state index is -0.558. The fraction of sp³-hybridized carbons (Fsp3) is 0.200. The molecule has 2 aromatic heterocycles. The zero-order chi connectivity index (χ0) is 22.0. The summed E-state index contributed by atoms with van der Waals surface area (Å²) < 4.78 is 6.90. The molecule has 0 saturated carbocycles. The van der Waals surface area contributed by atoms with Crippen molar-refractivity contribution in [1.82, 2.24) is 19.6 Å². The van der Waals surface area contributed by atoms with Crippen molar-refractivity contribution in [3.63, 3.8) is 0 Å². The van der Waals surface area contributed by atoms with Crippen LogP contribution in [0.15, 0.2) is 47.6 Å². The summed E-state index contributed by atoms with van der Waals surface area (Å²) in [7, 11) is 0. The average Bonchev–Trinajstić information content (AvgIpc) is 3.15. The van der Waals surface area contributed by atoms with Gasteiger partial charge < -0.3 is 10.1 Å². The van der Waals surface area contributed by atoms with Crippen molar-refractivity contribution < 1.29 is 14.5 Å². The Labute approximate surface area is 180 Å². The lowest BCUT2D eigenvalue weighted by atomic mass is 10.2. The third kappa shape index (κ3) is 4.26. The van der Waals surface area contributed by atoms with Crippen molar-refractivity contribution in [1.29, 1.82) is 0 Å². The number of para-hydroxylation sites is 1. The second-order valence-corrected chi connectivity index (χ2v) is 7.45. The first-order chi connectivity index (χ1) is 15.0. The smallest absolute Gasteiger partial charge is 0.296 e. The lowest BCUT2D eigenvalue weighted by Crippen LogP contribution is -2.16. The molecule has 0 radical (unpaired) electrons. The van der Waals surface area contributed by atoms with E-state index in [4.69, 9.17) is 4.74 Å². The first-order valence-electron chi connectivity index (χ1n) is 9.42. The topological polar surface area (TPSA) is 125 Å². The van der Waals surface area contributed by atoms with Gasteiger partial charge in [-0.15, -0.1) is 5.10 Å². The van der Waals surface area contributed by atoms with E-state index in [9.17, 15) is 14.9 Å². The Balaban J connectivity index is 1.55. The maximum absolute atomic E-state index is 12.5. The first kappa shape index (κ1) is 20.5. The predicted octanol–water partition coefficient (Wildman–Crippen LogP) is 3.62. The first-order valence-corrected chi connectivity index (χ1v) is 10.4. The summed E-state index contributed by atoms with van der Waals surface area (Å²) in [6, 6.07) is 11.9. The van der Waals surface area contributed by atoms with Crippen LogP contribution in [0.2, 0.25) is 0 Å². The molecule has 4 aromatic rings. The Hall–Kier alpha value is -3.73. The number of hydrogen-bond acceptors (Lipinski definition) is 8. The highest BCUT2D eigenvalue weighted by Gasteiger charge is 2.19. The van der Waals surface area contributed by atoms with Gasteiger partial charge in [-0.1, -0.05) is 23.9 Å². The van der Waals surface area contributed by atoms with E-state index in [2.05, 4.69) is 20.4 Å². The molecule has 2 heterocycles. The minimum absolute atomic E-state index is 0.0102. The van der Waals surface area contributed by atoms with Gasteiger partial charge in [0.2, 0.25) is 5.91 Å². The number of nitro groups is 1. The molecule has 158 valence electrons. The lowest BCUT2D eigenvalue weighted by Gasteiger charge is -2.09. The Bertz CT molecular complexity index is 1310. The molecule has 1 amide bonds. The number of benzene rings is 2. The van der Waals surface area contributed by atoms with E-state index in [1.54, 1.807) is 24.4 Å². The molecule has 0 aliphatic heterocycles. The van der Waals surface area contributed by atoms with Gasteiger partial charge in [0.25, 0.3) is 5.69 Å². The molecule has 0 aliphatic rings. The Morgan fingerprint density at radius 3 is 2.84 bits per heavy atom. The van der Waals surface area contributed by atoms with Gasteiger partial charge in [-0.05, 0) is 38.1 Å². The molecule has 0 bridgehead atoms. The highest BCUT2D eigenvalue weighted by Crippen LogP contribution is 2.30. The summed E-state index contributed by atoms with van der Waals surface area (Å²) in [6.45, 7) is 3.95. The van der Waals surface area contributed by atoms with Gasteiger partial charge in [0.15, 0.2) is 10.8 Å². The van der Waals surface area contributed by atoms with Crippen LogP contribution in [-0.2, 0) is 4.79 Å². The Morgan fingerprint density at radius 2 is 2.06 bits per heavy atom. The quantitative estimate of drug-likeness (QED) is 0.201. The molecule has 0 saturated heterocycles. The second kappa shape index (κ2) is 8.56. The number of carbonyl (C=O) groups excluding carboxylic acids is 1. The van der Waals surface area contributed by atoms with Gasteiger partial charge in [-0.2, -0.15) is 4.52 Å². The number of amides is 1. The van der Waals surface area contributed by atoms with E-state index in [-0.39, 0.29) is 17.1 Å². The van der Waals surface area contributed by atoms with E-state index in [1.165, 1.54) is 23.9 Å². The molecule has 1 N–H and O–H groups in total. The van der Waals surface area contributed by atoms with Gasteiger partial charge in [0.1, 0.15) is 17.3 Å². The summed E-state index contributed by atoms with van der Waals surface area (Å²) in [5.41, 5.74) is 1.27. The molecule has 0 spiro atoms. The number of thioether (sulfide) groups is 1. The molecule has 10 nitrogen and oxygen atoms in total. The van der Waals surface area contributed by atoms with Crippen molar-refractivity contribution >= 4 is 45.6 Å². The molecule has 4 rings (SSSR count). The van der Waals surface area contributed by atoms with Crippen LogP contribution >= 0.6 is 11.8 Å². The Morgan fingerprint density at radius 1 is 1.26 bits per heavy atom. The maximum atomic E-state index is 12.5. The normalized spacial score (nSPS) is 11.0. The summed E-state index contributed by atoms with van der Waals surface area (Å²) >= 11 is 1.17. The number of fused-ring (bicyclic) bond motifs is 3. The number of ether oxygens (including phenoxy) is 1. The predicted molar refractivity (Wildman–Crippen MR) is 117 cm³/mol. The lowest BCUT2D eigenvalue weighted by molar-refractivity contribution is -0.384. The van der Waals surface area contributed by atoms with Crippen LogP contribution in [0.5, 0.6) is 5.75 Å². The zero-order valence-corrected chi connectivity index (χ0v) is 17.5. The molecule has 31 heavy (non-hydrogen) atoms. The van der Waals surface area contributed by atoms with Crippen LogP contribution in [0, 0.1) is 17.0 Å². The number of anilines is 1. The molecule has 0 fully saturated rings. The number of rotatable bonds is 7. The van der Waals surface area contributed by atoms with Crippen molar-refractivity contribution in [3.05, 3.63) is 58.4 Å². The number of nitro benzene ring substituents is 1. The standard InChI is InChI=1S/C20H18N6O4S/c1-3-30-13-8-9-16(17(10-13)26(28)29)22-18(27)11-31-20-23-15-7-5-4-6-14(15)19-21-12(2)24-25(19)20/h4-10H,3,11H2,1-2H3,(H,22,27). The van der Waals surface area contributed by atoms with Crippen LogP contribution < -0.4 is 10.1 Å². The van der Waals surface area contributed by atoms with Crippen molar-refractivity contribution in [2.45, 2.75) is 19.0 Å². The monoisotopic (exact) mass is 438 g/mol. The fourth-order valence-electron chi connectivity index (χ4n) is 3.07. The van der Waals surface area contributed by atoms with E-state index in [1.807, 2.05) is 24.3 Å². The van der Waals surface area contributed by atoms with Crippen molar-refractivity contribution in [3.8, 4) is 5.75 Å². The maximum Gasteiger partial charge on any atom is 0.296 e. The molecular formula is C20H18N6O4S. The molecule has 0 unspecified atom stereocenters. The number of nitrogens with one attached hydrogen (secondary N) is 1. The van der Waals surface area contributed by atoms with Crippen LogP contribution in [0.3, 0.4) is 0 Å². The van der Waals surface area contributed by atoms with Gasteiger partial charge in [-0.25, -0.2) is 9.97 Å². The molecule has 2 aromatic carbocycles. The van der Waals surface area contributed by atoms with Crippen LogP contribution in [0.4, 0.5) is 11.4 Å². The summed E-state index contributed by atoms with van der Waals surface area (Å²) in [5, 5.41) is 19.7. The molecule has 0 atom stereocenters. The fourth-order valence-corrected chi connectivity index (χ4v) is 3.81. The van der Waals surface area contributed by atoms with Gasteiger partial charge in [0, 0.05) is 5.39 Å². The number of hydrogen-bond donors (Lipinski definition) is 1. The number of aromatic nitrogens is 4. The Kier molecular flexibility index (Phi) is 5.67. The summed E-state index contributed by atoms with van der Waals surface area (Å²) in [4.78, 5) is 32.4. The van der Waals surface area contributed by atoms with E-state index < -0.39 is 10.8 Å². The minimum Gasteiger partial charge on any atom is -0.494 e. The third-order valence-corrected chi connectivity index (χ3v) is 5.27. The van der Waals surface area contributed by atoms with Gasteiger partial charge in [-0.3, -0.25) is 14.9 Å². The highest BCUT2D eigenvalue weighted by molar-refractivity contribution is 7.99. The van der Waals surface area contributed by atoms with Crippen molar-refractivity contribution in [2.24, 2.45) is 0 Å². The van der Waals surface area contributed by atoms with Crippen LogP contribution in [0.1, 0.15) is 12.7 Å². The third-order valence-electron chi connectivity index (χ3n) is 4.34. The largest absolute Gasteiger partial charge is 0.494 e. The molecular weight excluding hydrogens is 420 g/mol. The van der Waals surface area contributed by atoms with Gasteiger partial charge in [0.05, 0.1) is 28.9 Å². The van der Waals surface area contributed by atoms with E-state index in [0.717, 1.165) is 10.9 Å². The highest BCUT2D eigenvalue weighted by atomic mass is 32.2. The van der Waals surface area contributed by atoms with Crippen LogP contribution in [0.25, 0.3) is 16.6 Å². The van der Waals surface area contributed by atoms with Crippen LogP contribution in [-0.4, -0.2) is 42.8 Å². The van der Waals surface area contributed by atoms with E-state index in [0.29, 0.717) is 29.0 Å². The SMILES string of the molecule is CCOc1ccc(NC(=O)CSc2nc3ccccc3c3nc(C)nn23)c([N+](=O)[O-])c1. The molecule has 0 aliphatic carbocycles. The number of carbonyl (C=O) groups is 1. The van der Waals surface area contributed by atoms with Crippen molar-refractivity contribution in [2.75, 3.05) is 17.7 Å². The summed E-state index contributed by atoms with van der Waals surface area (Å²) in [5.74, 6) is 0.543. The molecule has 11 heteroatoms. The van der Waals surface area contributed by atoms with E-state index >= 15 is 0 Å². The zero-order valence-electron chi connectivity index (χ0n) is 16.7. The summed E-state index contributed by atoms with van der Waals surface area (Å²) in [6.07, 6.45) is 0.